The molecule has 1 unspecified atom stereocenters. The molecule has 1 fully saturated rings. The molecule has 4 heteroatoms. The summed E-state index contributed by atoms with van der Waals surface area (Å²) in [5, 5.41) is 3.05. The zero-order valence-corrected chi connectivity index (χ0v) is 9.83. The highest BCUT2D eigenvalue weighted by atomic mass is 16.2. The van der Waals surface area contributed by atoms with E-state index in [0.29, 0.717) is 6.04 Å². The number of nitrogens with zero attached hydrogens (tertiary/aromatic N) is 1. The van der Waals surface area contributed by atoms with Crippen molar-refractivity contribution in [3.8, 4) is 0 Å². The molecule has 1 rings (SSSR count). The van der Waals surface area contributed by atoms with Gasteiger partial charge in [-0.15, -0.1) is 0 Å². The number of urea groups is 1. The van der Waals surface area contributed by atoms with Gasteiger partial charge in [0.1, 0.15) is 0 Å². The summed E-state index contributed by atoms with van der Waals surface area (Å²) in [6.45, 7) is 2.69. The second-order valence-corrected chi connectivity index (χ2v) is 4.62. The van der Waals surface area contributed by atoms with Gasteiger partial charge in [0.15, 0.2) is 0 Å². The fourth-order valence-electron chi connectivity index (χ4n) is 1.85. The molecule has 0 radical (unpaired) electrons. The third-order valence-electron chi connectivity index (χ3n) is 2.95. The highest BCUT2D eigenvalue weighted by molar-refractivity contribution is 5.74. The number of nitrogens with two attached hydrogens (primary N) is 1. The van der Waals surface area contributed by atoms with Crippen molar-refractivity contribution in [3.05, 3.63) is 0 Å². The van der Waals surface area contributed by atoms with Gasteiger partial charge in [0.2, 0.25) is 0 Å². The lowest BCUT2D eigenvalue weighted by molar-refractivity contribution is 0.203. The number of hydrogen-bond acceptors (Lipinski definition) is 2. The standard InChI is InChI=1S/C11H23N3O/c1-9(12)7-8-14(2)11(15)13-10-5-3-4-6-10/h9-10H,3-8,12H2,1-2H3,(H,13,15). The minimum Gasteiger partial charge on any atom is -0.335 e. The molecule has 1 aliphatic rings. The van der Waals surface area contributed by atoms with Gasteiger partial charge in [-0.2, -0.15) is 0 Å². The summed E-state index contributed by atoms with van der Waals surface area (Å²) in [5.41, 5.74) is 5.65. The van der Waals surface area contributed by atoms with E-state index in [1.807, 2.05) is 14.0 Å². The molecule has 88 valence electrons. The number of carbonyl (C=O) groups excluding carboxylic acids is 1. The van der Waals surface area contributed by atoms with Crippen molar-refractivity contribution in [2.24, 2.45) is 5.73 Å². The Hall–Kier alpha value is -0.770. The summed E-state index contributed by atoms with van der Waals surface area (Å²) in [6, 6.07) is 0.601. The normalized spacial score (nSPS) is 18.9. The topological polar surface area (TPSA) is 58.4 Å². The smallest absolute Gasteiger partial charge is 0.317 e. The van der Waals surface area contributed by atoms with Crippen molar-refractivity contribution in [2.45, 2.75) is 51.1 Å². The lowest BCUT2D eigenvalue weighted by Gasteiger charge is -2.21. The van der Waals surface area contributed by atoms with Crippen LogP contribution in [0.3, 0.4) is 0 Å². The molecule has 0 bridgehead atoms. The molecule has 0 aromatic rings. The maximum absolute atomic E-state index is 11.7. The molecule has 0 aliphatic heterocycles. The molecule has 1 aliphatic carbocycles. The number of carbonyl (C=O) groups is 1. The molecular weight excluding hydrogens is 190 g/mol. The lowest BCUT2D eigenvalue weighted by atomic mass is 10.2. The van der Waals surface area contributed by atoms with Gasteiger partial charge in [-0.25, -0.2) is 4.79 Å². The van der Waals surface area contributed by atoms with Crippen LogP contribution < -0.4 is 11.1 Å². The van der Waals surface area contributed by atoms with Crippen LogP contribution in [0.15, 0.2) is 0 Å². The Morgan fingerprint density at radius 2 is 2.13 bits per heavy atom. The minimum absolute atomic E-state index is 0.0440. The van der Waals surface area contributed by atoms with Crippen molar-refractivity contribution in [1.29, 1.82) is 0 Å². The predicted octanol–water partition coefficient (Wildman–Crippen LogP) is 1.31. The summed E-state index contributed by atoms with van der Waals surface area (Å²) >= 11 is 0. The molecule has 1 saturated carbocycles. The van der Waals surface area contributed by atoms with Gasteiger partial charge in [0, 0.05) is 25.7 Å². The van der Waals surface area contributed by atoms with E-state index >= 15 is 0 Å². The average Bonchev–Trinajstić information content (AvgIpc) is 2.66. The third-order valence-corrected chi connectivity index (χ3v) is 2.95. The molecule has 1 atom stereocenters. The van der Waals surface area contributed by atoms with Crippen LogP contribution in [-0.2, 0) is 0 Å². The highest BCUT2D eigenvalue weighted by Crippen LogP contribution is 2.17. The Morgan fingerprint density at radius 1 is 1.53 bits per heavy atom. The summed E-state index contributed by atoms with van der Waals surface area (Å²) in [7, 11) is 1.83. The van der Waals surface area contributed by atoms with Gasteiger partial charge in [-0.1, -0.05) is 12.8 Å². The first kappa shape index (κ1) is 12.3. The van der Waals surface area contributed by atoms with Crippen LogP contribution in [0.5, 0.6) is 0 Å². The first-order valence-electron chi connectivity index (χ1n) is 5.87. The third kappa shape index (κ3) is 4.51. The second kappa shape index (κ2) is 5.95. The Balaban J connectivity index is 2.20. The van der Waals surface area contributed by atoms with Crippen molar-refractivity contribution in [2.75, 3.05) is 13.6 Å². The van der Waals surface area contributed by atoms with E-state index in [0.717, 1.165) is 25.8 Å². The zero-order valence-electron chi connectivity index (χ0n) is 9.83. The summed E-state index contributed by atoms with van der Waals surface area (Å²) in [6.07, 6.45) is 5.61. The quantitative estimate of drug-likeness (QED) is 0.739. The molecule has 0 aromatic heterocycles. The van der Waals surface area contributed by atoms with Crippen LogP contribution in [0.2, 0.25) is 0 Å². The average molecular weight is 213 g/mol. The van der Waals surface area contributed by atoms with Gasteiger partial charge < -0.3 is 16.0 Å². The van der Waals surface area contributed by atoms with Gasteiger partial charge in [0.05, 0.1) is 0 Å². The van der Waals surface area contributed by atoms with E-state index in [1.54, 1.807) is 4.90 Å². The van der Waals surface area contributed by atoms with Crippen LogP contribution in [0.25, 0.3) is 0 Å². The molecular formula is C11H23N3O. The van der Waals surface area contributed by atoms with Crippen LogP contribution in [-0.4, -0.2) is 36.6 Å². The molecule has 4 nitrogen and oxygen atoms in total. The fraction of sp³-hybridized carbons (Fsp3) is 0.909. The first-order valence-corrected chi connectivity index (χ1v) is 5.87. The second-order valence-electron chi connectivity index (χ2n) is 4.62. The van der Waals surface area contributed by atoms with Crippen LogP contribution in [0, 0.1) is 0 Å². The van der Waals surface area contributed by atoms with Crippen molar-refractivity contribution in [1.82, 2.24) is 10.2 Å². The van der Waals surface area contributed by atoms with E-state index in [9.17, 15) is 4.79 Å². The molecule has 15 heavy (non-hydrogen) atoms. The molecule has 0 heterocycles. The van der Waals surface area contributed by atoms with Gasteiger partial charge in [-0.05, 0) is 26.2 Å². The van der Waals surface area contributed by atoms with Gasteiger partial charge in [0.25, 0.3) is 0 Å². The monoisotopic (exact) mass is 213 g/mol. The Kier molecular flexibility index (Phi) is 4.88. The van der Waals surface area contributed by atoms with Crippen molar-refractivity contribution in [3.63, 3.8) is 0 Å². The predicted molar refractivity (Wildman–Crippen MR) is 61.7 cm³/mol. The number of hydrogen-bond donors (Lipinski definition) is 2. The first-order chi connectivity index (χ1) is 7.09. The fourth-order valence-corrected chi connectivity index (χ4v) is 1.85. The minimum atomic E-state index is 0.0440. The van der Waals surface area contributed by atoms with Crippen molar-refractivity contribution >= 4 is 6.03 Å². The molecule has 0 spiro atoms. The molecule has 0 saturated heterocycles. The van der Waals surface area contributed by atoms with E-state index in [2.05, 4.69) is 5.32 Å². The van der Waals surface area contributed by atoms with E-state index in [1.165, 1.54) is 12.8 Å². The number of amides is 2. The Labute approximate surface area is 92.2 Å². The summed E-state index contributed by atoms with van der Waals surface area (Å²) < 4.78 is 0. The molecule has 2 amide bonds. The maximum atomic E-state index is 11.7. The number of nitrogens with one attached hydrogen (secondary N) is 1. The van der Waals surface area contributed by atoms with Crippen molar-refractivity contribution < 1.29 is 4.79 Å². The summed E-state index contributed by atoms with van der Waals surface area (Å²) in [4.78, 5) is 13.4. The van der Waals surface area contributed by atoms with Gasteiger partial charge >= 0.3 is 6.03 Å². The zero-order chi connectivity index (χ0) is 11.3. The van der Waals surface area contributed by atoms with E-state index in [-0.39, 0.29) is 12.1 Å². The van der Waals surface area contributed by atoms with E-state index < -0.39 is 0 Å². The highest BCUT2D eigenvalue weighted by Gasteiger charge is 2.18. The van der Waals surface area contributed by atoms with Crippen LogP contribution >= 0.6 is 0 Å². The Bertz CT molecular complexity index is 200. The molecule has 3 N–H and O–H groups in total. The molecule has 0 aromatic carbocycles. The van der Waals surface area contributed by atoms with Crippen LogP contribution in [0.4, 0.5) is 4.79 Å². The Morgan fingerprint density at radius 3 is 2.67 bits per heavy atom. The van der Waals surface area contributed by atoms with E-state index in [4.69, 9.17) is 5.73 Å². The van der Waals surface area contributed by atoms with Gasteiger partial charge in [-0.3, -0.25) is 0 Å². The largest absolute Gasteiger partial charge is 0.335 e. The lowest BCUT2D eigenvalue weighted by Crippen LogP contribution is -2.43. The van der Waals surface area contributed by atoms with Crippen LogP contribution in [0.1, 0.15) is 39.0 Å². The number of rotatable bonds is 4. The SMILES string of the molecule is CC(N)CCN(C)C(=O)NC1CCCC1. The summed E-state index contributed by atoms with van der Waals surface area (Å²) in [5.74, 6) is 0. The maximum Gasteiger partial charge on any atom is 0.317 e.